The maximum Gasteiger partial charge on any atom is 0.253 e. The molecule has 2 aromatic rings. The Kier molecular flexibility index (Phi) is 4.64. The van der Waals surface area contributed by atoms with Gasteiger partial charge < -0.3 is 9.88 Å². The summed E-state index contributed by atoms with van der Waals surface area (Å²) in [6, 6.07) is 1.88. The summed E-state index contributed by atoms with van der Waals surface area (Å²) in [5.74, 6) is -0.0874. The van der Waals surface area contributed by atoms with E-state index in [-0.39, 0.29) is 17.4 Å². The maximum atomic E-state index is 12.5. The van der Waals surface area contributed by atoms with Gasteiger partial charge in [-0.2, -0.15) is 0 Å². The number of rotatable bonds is 4. The lowest BCUT2D eigenvalue weighted by Crippen LogP contribution is -2.46. The van der Waals surface area contributed by atoms with Crippen molar-refractivity contribution in [2.24, 2.45) is 5.41 Å². The predicted molar refractivity (Wildman–Crippen MR) is 86.6 cm³/mol. The van der Waals surface area contributed by atoms with Gasteiger partial charge in [-0.1, -0.05) is 20.8 Å². The molecule has 0 bridgehead atoms. The second-order valence-corrected chi connectivity index (χ2v) is 6.78. The van der Waals surface area contributed by atoms with E-state index in [1.165, 1.54) is 0 Å². The average Bonchev–Trinajstić information content (AvgIpc) is 2.93. The van der Waals surface area contributed by atoms with Gasteiger partial charge in [0.2, 0.25) is 0 Å². The van der Waals surface area contributed by atoms with Gasteiger partial charge in [0, 0.05) is 30.8 Å². The van der Waals surface area contributed by atoms with Gasteiger partial charge >= 0.3 is 0 Å². The number of nitrogens with zero attached hydrogens (tertiary/aromatic N) is 3. The Bertz CT molecular complexity index is 641. The van der Waals surface area contributed by atoms with E-state index in [2.05, 4.69) is 36.1 Å². The van der Waals surface area contributed by atoms with Gasteiger partial charge in [-0.3, -0.25) is 9.78 Å². The minimum Gasteiger partial charge on any atom is -0.347 e. The number of hydrogen-bond donors (Lipinski definition) is 1. The minimum absolute atomic E-state index is 0.00388. The molecule has 0 radical (unpaired) electrons. The third-order valence-electron chi connectivity index (χ3n) is 3.91. The van der Waals surface area contributed by atoms with E-state index in [0.717, 1.165) is 11.3 Å². The van der Waals surface area contributed by atoms with Gasteiger partial charge in [0.05, 0.1) is 17.9 Å². The highest BCUT2D eigenvalue weighted by Gasteiger charge is 2.27. The molecule has 1 amide bonds. The number of carbonyl (C=O) groups excluding carboxylic acids is 1. The highest BCUT2D eigenvalue weighted by Crippen LogP contribution is 2.21. The first-order valence-electron chi connectivity index (χ1n) is 7.47. The van der Waals surface area contributed by atoms with Gasteiger partial charge in [0.1, 0.15) is 0 Å². The Hall–Kier alpha value is -2.17. The number of imidazole rings is 1. The molecule has 0 aliphatic rings. The topological polar surface area (TPSA) is 59.8 Å². The lowest BCUT2D eigenvalue weighted by molar-refractivity contribution is 0.0892. The molecule has 5 heteroatoms. The fourth-order valence-electron chi connectivity index (χ4n) is 2.15. The van der Waals surface area contributed by atoms with E-state index in [0.29, 0.717) is 12.1 Å². The van der Waals surface area contributed by atoms with E-state index >= 15 is 0 Å². The van der Waals surface area contributed by atoms with Gasteiger partial charge in [-0.25, -0.2) is 4.98 Å². The van der Waals surface area contributed by atoms with E-state index in [9.17, 15) is 4.79 Å². The highest BCUT2D eigenvalue weighted by molar-refractivity contribution is 5.94. The van der Waals surface area contributed by atoms with Crippen LogP contribution in [0.4, 0.5) is 0 Å². The van der Waals surface area contributed by atoms with Crippen LogP contribution in [0.1, 0.15) is 42.4 Å². The van der Waals surface area contributed by atoms with Crippen molar-refractivity contribution in [1.29, 1.82) is 0 Å². The monoisotopic (exact) mass is 300 g/mol. The summed E-state index contributed by atoms with van der Waals surface area (Å²) in [6.07, 6.45) is 7.05. The summed E-state index contributed by atoms with van der Waals surface area (Å²) in [5, 5.41) is 3.13. The predicted octanol–water partition coefficient (Wildman–Crippen LogP) is 2.74. The molecule has 0 aliphatic heterocycles. The summed E-state index contributed by atoms with van der Waals surface area (Å²) in [4.78, 5) is 20.8. The number of hydrogen-bond acceptors (Lipinski definition) is 3. The molecule has 0 unspecified atom stereocenters. The molecule has 0 aliphatic carbocycles. The summed E-state index contributed by atoms with van der Waals surface area (Å²) >= 11 is 0. The van der Waals surface area contributed by atoms with Crippen molar-refractivity contribution in [1.82, 2.24) is 19.9 Å². The molecular weight excluding hydrogens is 276 g/mol. The van der Waals surface area contributed by atoms with Crippen molar-refractivity contribution < 1.29 is 4.79 Å². The zero-order valence-electron chi connectivity index (χ0n) is 13.9. The lowest BCUT2D eigenvalue weighted by atomic mass is 9.86. The number of nitrogens with one attached hydrogen (secondary N) is 1. The first kappa shape index (κ1) is 16.2. The second kappa shape index (κ2) is 6.30. The minimum atomic E-state index is -0.0874. The van der Waals surface area contributed by atoms with Crippen LogP contribution >= 0.6 is 0 Å². The second-order valence-electron chi connectivity index (χ2n) is 6.78. The van der Waals surface area contributed by atoms with E-state index in [4.69, 9.17) is 0 Å². The number of amides is 1. The first-order valence-corrected chi connectivity index (χ1v) is 7.47. The molecule has 0 aromatic carbocycles. The molecule has 1 N–H and O–H groups in total. The highest BCUT2D eigenvalue weighted by atomic mass is 16.1. The quantitative estimate of drug-likeness (QED) is 0.944. The molecule has 0 spiro atoms. The van der Waals surface area contributed by atoms with E-state index < -0.39 is 0 Å². The van der Waals surface area contributed by atoms with Crippen LogP contribution in [0.5, 0.6) is 0 Å². The molecule has 0 saturated heterocycles. The van der Waals surface area contributed by atoms with Crippen molar-refractivity contribution in [2.45, 2.75) is 47.2 Å². The molecule has 2 aromatic heterocycles. The molecule has 2 heterocycles. The normalized spacial score (nSPS) is 13.0. The Morgan fingerprint density at radius 2 is 2.09 bits per heavy atom. The molecule has 5 nitrogen and oxygen atoms in total. The third kappa shape index (κ3) is 3.93. The molecule has 1 atom stereocenters. The first-order chi connectivity index (χ1) is 10.3. The Balaban J connectivity index is 2.15. The summed E-state index contributed by atoms with van der Waals surface area (Å²) in [6.45, 7) is 10.9. The molecule has 0 fully saturated rings. The number of carbonyl (C=O) groups is 1. The van der Waals surface area contributed by atoms with Crippen LogP contribution in [0.25, 0.3) is 0 Å². The molecule has 0 saturated carbocycles. The Morgan fingerprint density at radius 1 is 1.36 bits per heavy atom. The van der Waals surface area contributed by atoms with Crippen LogP contribution in [0.15, 0.2) is 31.0 Å². The SMILES string of the molecule is Cc1cc(C(=O)N[C@@H](Cn2ccnc2)C(C)(C)C)cnc1C. The van der Waals surface area contributed by atoms with Crippen molar-refractivity contribution >= 4 is 5.91 Å². The van der Waals surface area contributed by atoms with Gasteiger partial charge in [-0.15, -0.1) is 0 Å². The third-order valence-corrected chi connectivity index (χ3v) is 3.91. The zero-order chi connectivity index (χ0) is 16.3. The van der Waals surface area contributed by atoms with Gasteiger partial charge in [0.15, 0.2) is 0 Å². The van der Waals surface area contributed by atoms with Crippen molar-refractivity contribution in [3.8, 4) is 0 Å². The van der Waals surface area contributed by atoms with Gasteiger partial charge in [0.25, 0.3) is 5.91 Å². The van der Waals surface area contributed by atoms with Crippen LogP contribution in [0, 0.1) is 19.3 Å². The standard InChI is InChI=1S/C17H24N4O/c1-12-8-14(9-19-13(12)2)16(22)20-15(17(3,4)5)10-21-7-6-18-11-21/h6-9,11,15H,10H2,1-5H3,(H,20,22)/t15-/m0/s1. The number of aromatic nitrogens is 3. The fraction of sp³-hybridized carbons (Fsp3) is 0.471. The molecule has 118 valence electrons. The van der Waals surface area contributed by atoms with Crippen LogP contribution in [0.2, 0.25) is 0 Å². The largest absolute Gasteiger partial charge is 0.347 e. The Morgan fingerprint density at radius 3 is 2.64 bits per heavy atom. The van der Waals surface area contributed by atoms with Crippen LogP contribution in [-0.2, 0) is 6.54 Å². The molecule has 22 heavy (non-hydrogen) atoms. The summed E-state index contributed by atoms with van der Waals surface area (Å²) in [5.41, 5.74) is 2.51. The van der Waals surface area contributed by atoms with Crippen LogP contribution in [0.3, 0.4) is 0 Å². The van der Waals surface area contributed by atoms with E-state index in [1.807, 2.05) is 30.7 Å². The van der Waals surface area contributed by atoms with Crippen LogP contribution < -0.4 is 5.32 Å². The number of aryl methyl sites for hydroxylation is 2. The molecule has 2 rings (SSSR count). The molecular formula is C17H24N4O. The fourth-order valence-corrected chi connectivity index (χ4v) is 2.15. The van der Waals surface area contributed by atoms with Crippen LogP contribution in [-0.4, -0.2) is 26.5 Å². The smallest absolute Gasteiger partial charge is 0.253 e. The summed E-state index contributed by atoms with van der Waals surface area (Å²) in [7, 11) is 0. The van der Waals surface area contributed by atoms with Gasteiger partial charge in [-0.05, 0) is 30.9 Å². The van der Waals surface area contributed by atoms with E-state index in [1.54, 1.807) is 18.7 Å². The van der Waals surface area contributed by atoms with Crippen molar-refractivity contribution in [3.05, 3.63) is 47.8 Å². The van der Waals surface area contributed by atoms with Crippen molar-refractivity contribution in [3.63, 3.8) is 0 Å². The average molecular weight is 300 g/mol. The van der Waals surface area contributed by atoms with Crippen molar-refractivity contribution in [2.75, 3.05) is 0 Å². The zero-order valence-corrected chi connectivity index (χ0v) is 13.9. The Labute approximate surface area is 131 Å². The lowest BCUT2D eigenvalue weighted by Gasteiger charge is -2.31. The number of pyridine rings is 1. The maximum absolute atomic E-state index is 12.5. The summed E-state index contributed by atoms with van der Waals surface area (Å²) < 4.78 is 1.98.